The lowest BCUT2D eigenvalue weighted by molar-refractivity contribution is -0.136. The average molecular weight is 359 g/mol. The minimum atomic E-state index is -0.828. The van der Waals surface area contributed by atoms with Crippen molar-refractivity contribution >= 4 is 18.6 Å². The van der Waals surface area contributed by atoms with Crippen LogP contribution in [0.25, 0.3) is 0 Å². The maximum absolute atomic E-state index is 10.7. The number of aliphatic carboxylic acids is 1. The molecule has 4 heteroatoms. The number of para-hydroxylation sites is 1. The lowest BCUT2D eigenvalue weighted by atomic mass is 10.0. The van der Waals surface area contributed by atoms with Crippen molar-refractivity contribution in [3.05, 3.63) is 65.7 Å². The van der Waals surface area contributed by atoms with Crippen LogP contribution in [0.3, 0.4) is 0 Å². The molecule has 0 spiro atoms. The summed E-state index contributed by atoms with van der Waals surface area (Å²) < 4.78 is 5.94. The number of hydrogen-bond acceptors (Lipinski definition) is 3. The third-order valence-electron chi connectivity index (χ3n) is 4.23. The second-order valence-corrected chi connectivity index (χ2v) is 6.89. The van der Waals surface area contributed by atoms with E-state index >= 15 is 0 Å². The zero-order valence-electron chi connectivity index (χ0n) is 14.6. The molecule has 0 saturated carbocycles. The fourth-order valence-corrected chi connectivity index (χ4v) is 2.88. The summed E-state index contributed by atoms with van der Waals surface area (Å²) in [4.78, 5) is 10.7. The Bertz CT molecular complexity index is 640. The van der Waals surface area contributed by atoms with Gasteiger partial charge in [0, 0.05) is 0 Å². The van der Waals surface area contributed by atoms with E-state index in [1.807, 2.05) is 30.3 Å². The highest BCUT2D eigenvalue weighted by Gasteiger charge is 2.10. The number of carboxylic acid groups (broad SMARTS) is 1. The van der Waals surface area contributed by atoms with Gasteiger partial charge >= 0.3 is 5.97 Å². The van der Waals surface area contributed by atoms with Gasteiger partial charge in [0.15, 0.2) is 0 Å². The molecule has 0 fully saturated rings. The van der Waals surface area contributed by atoms with Crippen LogP contribution in [-0.2, 0) is 11.2 Å². The Morgan fingerprint density at radius 1 is 1.04 bits per heavy atom. The molecule has 3 nitrogen and oxygen atoms in total. The molecule has 2 rings (SSSR count). The molecule has 1 N–H and O–H groups in total. The Morgan fingerprint density at radius 2 is 1.72 bits per heavy atom. The molecule has 0 bridgehead atoms. The topological polar surface area (TPSA) is 46.5 Å². The van der Waals surface area contributed by atoms with Gasteiger partial charge in [-0.15, -0.1) is 0 Å². The summed E-state index contributed by atoms with van der Waals surface area (Å²) in [6.07, 6.45) is 4.65. The van der Waals surface area contributed by atoms with Crippen LogP contribution in [0.2, 0.25) is 0 Å². The Balaban J connectivity index is 1.73. The molecule has 2 aromatic carbocycles. The first-order valence-corrected chi connectivity index (χ1v) is 9.29. The van der Waals surface area contributed by atoms with Gasteiger partial charge in [-0.3, -0.25) is 4.79 Å². The molecule has 0 heterocycles. The first-order valence-electron chi connectivity index (χ1n) is 8.77. The number of hydrogen-bond donors (Lipinski definition) is 2. The van der Waals surface area contributed by atoms with Crippen molar-refractivity contribution in [1.82, 2.24) is 0 Å². The normalized spacial score (nSPS) is 13.2. The van der Waals surface area contributed by atoms with Crippen LogP contribution in [0.5, 0.6) is 5.75 Å². The van der Waals surface area contributed by atoms with Crippen LogP contribution >= 0.6 is 12.6 Å². The summed E-state index contributed by atoms with van der Waals surface area (Å²) in [5.74, 6) is 0.0497. The summed E-state index contributed by atoms with van der Waals surface area (Å²) >= 11 is 4.05. The third kappa shape index (κ3) is 6.83. The van der Waals surface area contributed by atoms with Crippen molar-refractivity contribution in [2.75, 3.05) is 0 Å². The second kappa shape index (κ2) is 10.1. The molecule has 2 atom stereocenters. The highest BCUT2D eigenvalue weighted by atomic mass is 32.1. The van der Waals surface area contributed by atoms with E-state index in [9.17, 15) is 4.79 Å². The van der Waals surface area contributed by atoms with Gasteiger partial charge in [0.1, 0.15) is 11.9 Å². The van der Waals surface area contributed by atoms with Crippen LogP contribution in [0.15, 0.2) is 54.6 Å². The van der Waals surface area contributed by atoms with Crippen LogP contribution in [0, 0.1) is 0 Å². The van der Waals surface area contributed by atoms with Gasteiger partial charge in [0.25, 0.3) is 0 Å². The lowest BCUT2D eigenvalue weighted by Crippen LogP contribution is -2.12. The number of benzene rings is 2. The van der Waals surface area contributed by atoms with E-state index in [2.05, 4.69) is 43.8 Å². The minimum absolute atomic E-state index is 0.0137. The molecule has 0 aliphatic rings. The van der Waals surface area contributed by atoms with Crippen LogP contribution < -0.4 is 4.74 Å². The molecule has 25 heavy (non-hydrogen) atoms. The summed E-state index contributed by atoms with van der Waals surface area (Å²) in [6.45, 7) is 2.05. The van der Waals surface area contributed by atoms with Gasteiger partial charge < -0.3 is 9.84 Å². The zero-order valence-corrected chi connectivity index (χ0v) is 15.5. The van der Waals surface area contributed by atoms with E-state index in [-0.39, 0.29) is 6.10 Å². The molecule has 0 amide bonds. The number of carbonyl (C=O) groups is 1. The van der Waals surface area contributed by atoms with Gasteiger partial charge in [0.2, 0.25) is 0 Å². The Morgan fingerprint density at radius 3 is 2.36 bits per heavy atom. The SMILES string of the molecule is CC(Oc1ccccc1)c1ccc(CCCCCC(S)C(=O)O)cc1. The fourth-order valence-electron chi connectivity index (χ4n) is 2.69. The summed E-state index contributed by atoms with van der Waals surface area (Å²) in [7, 11) is 0. The Kier molecular flexibility index (Phi) is 7.86. The summed E-state index contributed by atoms with van der Waals surface area (Å²) in [5, 5.41) is 8.26. The maximum atomic E-state index is 10.7. The van der Waals surface area contributed by atoms with Crippen molar-refractivity contribution in [2.24, 2.45) is 0 Å². The molecule has 0 aliphatic carbocycles. The van der Waals surface area contributed by atoms with E-state index in [1.54, 1.807) is 0 Å². The van der Waals surface area contributed by atoms with E-state index < -0.39 is 11.2 Å². The van der Waals surface area contributed by atoms with Gasteiger partial charge in [0.05, 0.1) is 5.25 Å². The molecule has 2 unspecified atom stereocenters. The van der Waals surface area contributed by atoms with Gasteiger partial charge in [-0.2, -0.15) is 12.6 Å². The first kappa shape index (κ1) is 19.4. The van der Waals surface area contributed by atoms with Crippen LogP contribution in [0.1, 0.15) is 49.8 Å². The largest absolute Gasteiger partial charge is 0.486 e. The predicted octanol–water partition coefficient (Wildman–Crippen LogP) is 5.31. The highest BCUT2D eigenvalue weighted by Crippen LogP contribution is 2.22. The molecule has 134 valence electrons. The second-order valence-electron chi connectivity index (χ2n) is 6.27. The molecule has 0 radical (unpaired) electrons. The lowest BCUT2D eigenvalue weighted by Gasteiger charge is -2.15. The maximum Gasteiger partial charge on any atom is 0.316 e. The molecular weight excluding hydrogens is 332 g/mol. The monoisotopic (exact) mass is 358 g/mol. The van der Waals surface area contributed by atoms with Crippen molar-refractivity contribution in [3.63, 3.8) is 0 Å². The zero-order chi connectivity index (χ0) is 18.1. The standard InChI is InChI=1S/C21H26O3S/c1-16(24-19-9-5-3-6-10-19)18-14-12-17(13-15-18)8-4-2-7-11-20(25)21(22)23/h3,5-6,9-10,12-16,20,25H,2,4,7-8,11H2,1H3,(H,22,23). The predicted molar refractivity (Wildman–Crippen MR) is 105 cm³/mol. The number of aryl methyl sites for hydroxylation is 1. The van der Waals surface area contributed by atoms with Crippen molar-refractivity contribution in [3.8, 4) is 5.75 Å². The molecule has 0 saturated heterocycles. The average Bonchev–Trinajstić information content (AvgIpc) is 2.62. The number of ether oxygens (including phenoxy) is 1. The Hall–Kier alpha value is -1.94. The molecule has 0 aliphatic heterocycles. The van der Waals surface area contributed by atoms with Crippen molar-refractivity contribution < 1.29 is 14.6 Å². The van der Waals surface area contributed by atoms with Crippen LogP contribution in [-0.4, -0.2) is 16.3 Å². The third-order valence-corrected chi connectivity index (χ3v) is 4.71. The molecular formula is C21H26O3S. The highest BCUT2D eigenvalue weighted by molar-refractivity contribution is 7.81. The number of carboxylic acids is 1. The van der Waals surface area contributed by atoms with E-state index in [4.69, 9.17) is 9.84 Å². The van der Waals surface area contributed by atoms with Gasteiger partial charge in [-0.1, -0.05) is 55.3 Å². The van der Waals surface area contributed by atoms with E-state index in [0.29, 0.717) is 6.42 Å². The number of unbranched alkanes of at least 4 members (excludes halogenated alkanes) is 2. The summed E-state index contributed by atoms with van der Waals surface area (Å²) in [5.41, 5.74) is 2.46. The minimum Gasteiger partial charge on any atom is -0.486 e. The molecule has 0 aromatic heterocycles. The molecule has 2 aromatic rings. The van der Waals surface area contributed by atoms with Crippen LogP contribution in [0.4, 0.5) is 0 Å². The number of rotatable bonds is 10. The number of thiol groups is 1. The Labute approximate surface area is 155 Å². The first-order chi connectivity index (χ1) is 12.1. The van der Waals surface area contributed by atoms with E-state index in [0.717, 1.165) is 37.0 Å². The fraction of sp³-hybridized carbons (Fsp3) is 0.381. The smallest absolute Gasteiger partial charge is 0.316 e. The van der Waals surface area contributed by atoms with Crippen molar-refractivity contribution in [2.45, 2.75) is 50.4 Å². The van der Waals surface area contributed by atoms with Gasteiger partial charge in [-0.05, 0) is 49.4 Å². The van der Waals surface area contributed by atoms with E-state index in [1.165, 1.54) is 5.56 Å². The van der Waals surface area contributed by atoms with Crippen molar-refractivity contribution in [1.29, 1.82) is 0 Å². The quantitative estimate of drug-likeness (QED) is 0.447. The van der Waals surface area contributed by atoms with Gasteiger partial charge in [-0.25, -0.2) is 0 Å². The summed E-state index contributed by atoms with van der Waals surface area (Å²) in [6, 6.07) is 18.4.